The van der Waals surface area contributed by atoms with Gasteiger partial charge in [-0.3, -0.25) is 14.4 Å². The van der Waals surface area contributed by atoms with Crippen LogP contribution in [0.15, 0.2) is 22.6 Å². The number of carbonyl (C=O) groups excluding carboxylic acids is 3. The maximum Gasteiger partial charge on any atom is 0.287 e. The molecule has 168 valence electrons. The van der Waals surface area contributed by atoms with Gasteiger partial charge in [0.2, 0.25) is 5.91 Å². The summed E-state index contributed by atoms with van der Waals surface area (Å²) in [4.78, 5) is 39.4. The molecule has 0 radical (unpaired) electrons. The molecule has 31 heavy (non-hydrogen) atoms. The number of amides is 2. The highest BCUT2D eigenvalue weighted by atomic mass is 32.2. The molecule has 1 fully saturated rings. The van der Waals surface area contributed by atoms with Crippen molar-refractivity contribution in [2.75, 3.05) is 25.1 Å². The van der Waals surface area contributed by atoms with E-state index in [1.165, 1.54) is 4.90 Å². The van der Waals surface area contributed by atoms with Crippen molar-refractivity contribution < 1.29 is 27.2 Å². The Morgan fingerprint density at radius 1 is 1.26 bits per heavy atom. The van der Waals surface area contributed by atoms with E-state index in [0.29, 0.717) is 30.5 Å². The van der Waals surface area contributed by atoms with E-state index in [9.17, 15) is 22.8 Å². The van der Waals surface area contributed by atoms with Crippen LogP contribution in [0.25, 0.3) is 11.0 Å². The van der Waals surface area contributed by atoms with Gasteiger partial charge in [-0.25, -0.2) is 8.42 Å². The minimum absolute atomic E-state index is 0.163. The molecular weight excluding hydrogens is 420 g/mol. The zero-order valence-electron chi connectivity index (χ0n) is 18.2. The van der Waals surface area contributed by atoms with Gasteiger partial charge in [0.15, 0.2) is 21.4 Å². The molecule has 2 amide bonds. The molecule has 1 N–H and O–H groups in total. The van der Waals surface area contributed by atoms with Gasteiger partial charge in [0.05, 0.1) is 0 Å². The molecule has 1 aliphatic heterocycles. The minimum Gasteiger partial charge on any atom is -0.451 e. The highest BCUT2D eigenvalue weighted by molar-refractivity contribution is 7.91. The topological polar surface area (TPSA) is 114 Å². The van der Waals surface area contributed by atoms with Gasteiger partial charge in [-0.1, -0.05) is 11.6 Å². The number of hydrogen-bond acceptors (Lipinski definition) is 6. The van der Waals surface area contributed by atoms with Crippen LogP contribution in [0.3, 0.4) is 0 Å². The summed E-state index contributed by atoms with van der Waals surface area (Å²) in [6.07, 6.45) is 2.18. The number of nitrogens with zero attached hydrogens (tertiary/aromatic N) is 1. The van der Waals surface area contributed by atoms with Crippen LogP contribution in [0.5, 0.6) is 0 Å². The number of ketones is 1. The molecule has 0 bridgehead atoms. The molecule has 0 spiro atoms. The summed E-state index contributed by atoms with van der Waals surface area (Å²) >= 11 is 0. The number of Topliss-reactive ketones (excluding diaryl/α,β-unsaturated/α-hetero) is 1. The molecule has 1 unspecified atom stereocenters. The number of sulfone groups is 1. The van der Waals surface area contributed by atoms with Gasteiger partial charge in [0.1, 0.15) is 17.4 Å². The van der Waals surface area contributed by atoms with Gasteiger partial charge >= 0.3 is 0 Å². The molecule has 2 atom stereocenters. The van der Waals surface area contributed by atoms with Gasteiger partial charge in [-0.15, -0.1) is 0 Å². The van der Waals surface area contributed by atoms with Crippen LogP contribution in [0.2, 0.25) is 0 Å². The standard InChI is InChI=1S/C22H28N2O6S/c1-13-7-8-19-17(10-13)14(2)20(30-19)21(26)23-15(3)22(27)24-9-5-6-16(11-24)18(25)12-31(4,28)29/h7-8,10,15-16H,5-6,9,11-12H2,1-4H3,(H,23,26)/t15-,16?/m1/s1. The fourth-order valence-electron chi connectivity index (χ4n) is 3.97. The molecule has 1 aromatic carbocycles. The maximum absolute atomic E-state index is 12.9. The Morgan fingerprint density at radius 3 is 2.65 bits per heavy atom. The monoisotopic (exact) mass is 448 g/mol. The molecule has 1 aliphatic rings. The molecule has 2 aromatic rings. The number of fused-ring (bicyclic) bond motifs is 1. The number of hydrogen-bond donors (Lipinski definition) is 1. The van der Waals surface area contributed by atoms with E-state index in [2.05, 4.69) is 5.32 Å². The highest BCUT2D eigenvalue weighted by Crippen LogP contribution is 2.26. The Balaban J connectivity index is 1.67. The van der Waals surface area contributed by atoms with Gasteiger partial charge in [0, 0.05) is 36.2 Å². The van der Waals surface area contributed by atoms with E-state index in [1.54, 1.807) is 13.8 Å². The van der Waals surface area contributed by atoms with Crippen molar-refractivity contribution in [1.29, 1.82) is 0 Å². The molecule has 1 aromatic heterocycles. The zero-order chi connectivity index (χ0) is 22.9. The second kappa shape index (κ2) is 8.82. The Kier molecular flexibility index (Phi) is 6.54. The molecule has 0 aliphatic carbocycles. The zero-order valence-corrected chi connectivity index (χ0v) is 19.0. The lowest BCUT2D eigenvalue weighted by Gasteiger charge is -2.33. The molecule has 3 rings (SSSR count). The largest absolute Gasteiger partial charge is 0.451 e. The highest BCUT2D eigenvalue weighted by Gasteiger charge is 2.32. The third-order valence-corrected chi connectivity index (χ3v) is 6.42. The van der Waals surface area contributed by atoms with Crippen molar-refractivity contribution in [3.05, 3.63) is 35.1 Å². The van der Waals surface area contributed by atoms with Gasteiger partial charge in [0.25, 0.3) is 5.91 Å². The predicted molar refractivity (Wildman–Crippen MR) is 117 cm³/mol. The van der Waals surface area contributed by atoms with Crippen molar-refractivity contribution in [3.8, 4) is 0 Å². The Bertz CT molecular complexity index is 1130. The van der Waals surface area contributed by atoms with Crippen LogP contribution < -0.4 is 5.32 Å². The first kappa shape index (κ1) is 23.0. The normalized spacial score (nSPS) is 18.1. The van der Waals surface area contributed by atoms with E-state index >= 15 is 0 Å². The quantitative estimate of drug-likeness (QED) is 0.723. The summed E-state index contributed by atoms with van der Waals surface area (Å²) in [7, 11) is -3.41. The number of rotatable bonds is 6. The van der Waals surface area contributed by atoms with E-state index in [1.807, 2.05) is 25.1 Å². The van der Waals surface area contributed by atoms with E-state index in [-0.39, 0.29) is 24.0 Å². The number of likely N-dealkylation sites (tertiary alicyclic amines) is 1. The number of benzene rings is 1. The van der Waals surface area contributed by atoms with E-state index in [4.69, 9.17) is 4.42 Å². The first-order valence-electron chi connectivity index (χ1n) is 10.3. The fraction of sp³-hybridized carbons (Fsp3) is 0.500. The Morgan fingerprint density at radius 2 is 1.97 bits per heavy atom. The van der Waals surface area contributed by atoms with Crippen molar-refractivity contribution in [3.63, 3.8) is 0 Å². The second-order valence-electron chi connectivity index (χ2n) is 8.41. The molecule has 0 saturated carbocycles. The van der Waals surface area contributed by atoms with E-state index in [0.717, 1.165) is 17.2 Å². The van der Waals surface area contributed by atoms with Crippen molar-refractivity contribution in [2.24, 2.45) is 5.92 Å². The van der Waals surface area contributed by atoms with Gasteiger partial charge < -0.3 is 14.6 Å². The lowest BCUT2D eigenvalue weighted by Crippen LogP contribution is -2.51. The fourth-order valence-corrected chi connectivity index (χ4v) is 4.72. The molecule has 9 heteroatoms. The summed E-state index contributed by atoms with van der Waals surface area (Å²) in [5.41, 5.74) is 2.37. The predicted octanol–water partition coefficient (Wildman–Crippen LogP) is 2.02. The number of furan rings is 1. The Hall–Kier alpha value is -2.68. The van der Waals surface area contributed by atoms with Crippen LogP contribution >= 0.6 is 0 Å². The summed E-state index contributed by atoms with van der Waals surface area (Å²) in [6.45, 7) is 5.97. The summed E-state index contributed by atoms with van der Waals surface area (Å²) in [5, 5.41) is 3.54. The first-order chi connectivity index (χ1) is 14.5. The Labute approximate surface area is 181 Å². The summed E-state index contributed by atoms with van der Waals surface area (Å²) in [6, 6.07) is 4.84. The maximum atomic E-state index is 12.9. The van der Waals surface area contributed by atoms with Gasteiger partial charge in [-0.2, -0.15) is 0 Å². The number of carbonyl (C=O) groups is 3. The average molecular weight is 449 g/mol. The SMILES string of the molecule is Cc1ccc2oc(C(=O)N[C@H](C)C(=O)N3CCCC(C(=O)CS(C)(=O)=O)C3)c(C)c2c1. The summed E-state index contributed by atoms with van der Waals surface area (Å²) in [5.74, 6) is -2.01. The second-order valence-corrected chi connectivity index (χ2v) is 10.6. The van der Waals surface area contributed by atoms with Crippen molar-refractivity contribution >= 4 is 38.4 Å². The smallest absolute Gasteiger partial charge is 0.287 e. The number of aryl methyl sites for hydroxylation is 2. The van der Waals surface area contributed by atoms with E-state index < -0.39 is 33.5 Å². The van der Waals surface area contributed by atoms with Crippen molar-refractivity contribution in [1.82, 2.24) is 10.2 Å². The average Bonchev–Trinajstić information content (AvgIpc) is 3.02. The minimum atomic E-state index is -3.41. The lowest BCUT2D eigenvalue weighted by atomic mass is 9.94. The lowest BCUT2D eigenvalue weighted by molar-refractivity contribution is -0.136. The molecule has 2 heterocycles. The van der Waals surface area contributed by atoms with Crippen molar-refractivity contribution in [2.45, 2.75) is 39.7 Å². The van der Waals surface area contributed by atoms with Gasteiger partial charge in [-0.05, 0) is 45.7 Å². The van der Waals surface area contributed by atoms with Crippen LogP contribution in [-0.4, -0.2) is 62.1 Å². The van der Waals surface area contributed by atoms with Crippen LogP contribution in [-0.2, 0) is 19.4 Å². The molecular formula is C22H28N2O6S. The van der Waals surface area contributed by atoms with Crippen LogP contribution in [0, 0.1) is 19.8 Å². The van der Waals surface area contributed by atoms with Crippen LogP contribution in [0.4, 0.5) is 0 Å². The molecule has 1 saturated heterocycles. The molecule has 8 nitrogen and oxygen atoms in total. The first-order valence-corrected chi connectivity index (χ1v) is 12.3. The third kappa shape index (κ3) is 5.33. The number of piperidine rings is 1. The van der Waals surface area contributed by atoms with Crippen LogP contribution in [0.1, 0.15) is 41.4 Å². The summed E-state index contributed by atoms with van der Waals surface area (Å²) < 4.78 is 28.5. The third-order valence-electron chi connectivity index (χ3n) is 5.61. The number of nitrogens with one attached hydrogen (secondary N) is 1.